The molecule has 0 N–H and O–H groups in total. The summed E-state index contributed by atoms with van der Waals surface area (Å²) in [5.41, 5.74) is 0. The average Bonchev–Trinajstić information content (AvgIpc) is 1.88. The van der Waals surface area contributed by atoms with E-state index >= 15 is 0 Å². The van der Waals surface area contributed by atoms with Gasteiger partial charge in [-0.3, -0.25) is 4.79 Å². The lowest BCUT2D eigenvalue weighted by molar-refractivity contribution is -0.115. The lowest BCUT2D eigenvalue weighted by atomic mass is 9.94. The van der Waals surface area contributed by atoms with Gasteiger partial charge in [0, 0.05) is 6.42 Å². The van der Waals surface area contributed by atoms with E-state index in [4.69, 9.17) is 0 Å². The van der Waals surface area contributed by atoms with Gasteiger partial charge in [0.2, 0.25) is 0 Å². The zero-order valence-corrected chi connectivity index (χ0v) is 5.34. The highest BCUT2D eigenvalue weighted by Crippen LogP contribution is 2.15. The molecule has 0 saturated carbocycles. The smallest absolute Gasteiger partial charge is 0.155 e. The summed E-state index contributed by atoms with van der Waals surface area (Å²) in [6.45, 7) is 3.63. The maximum Gasteiger partial charge on any atom is 0.155 e. The van der Waals surface area contributed by atoms with Gasteiger partial charge in [0.25, 0.3) is 0 Å². The van der Waals surface area contributed by atoms with Crippen LogP contribution in [0.15, 0.2) is 24.8 Å². The first-order chi connectivity index (χ1) is 4.33. The van der Waals surface area contributed by atoms with Crippen molar-refractivity contribution in [3.05, 3.63) is 24.8 Å². The van der Waals surface area contributed by atoms with Gasteiger partial charge in [-0.05, 0) is 18.4 Å². The van der Waals surface area contributed by atoms with Gasteiger partial charge in [-0.25, -0.2) is 0 Å². The summed E-state index contributed by atoms with van der Waals surface area (Å²) in [6.07, 6.45) is 7.05. The maximum absolute atomic E-state index is 10.7. The molecule has 1 aliphatic rings. The molecule has 0 fully saturated rings. The minimum atomic E-state index is 0.228. The van der Waals surface area contributed by atoms with Crippen molar-refractivity contribution in [1.29, 1.82) is 0 Å². The molecule has 1 aliphatic carbocycles. The Morgan fingerprint density at radius 1 is 1.78 bits per heavy atom. The van der Waals surface area contributed by atoms with E-state index in [9.17, 15) is 4.79 Å². The summed E-state index contributed by atoms with van der Waals surface area (Å²) in [5, 5.41) is 0. The largest absolute Gasteiger partial charge is 0.295 e. The summed E-state index contributed by atoms with van der Waals surface area (Å²) in [4.78, 5) is 10.7. The number of ketones is 1. The zero-order valence-electron chi connectivity index (χ0n) is 5.34. The second kappa shape index (κ2) is 2.62. The Balaban J connectivity index is 2.56. The van der Waals surface area contributed by atoms with Crippen LogP contribution < -0.4 is 0 Å². The van der Waals surface area contributed by atoms with Crippen molar-refractivity contribution in [2.45, 2.75) is 12.8 Å². The number of carbonyl (C=O) groups is 1. The SMILES string of the molecule is C=CC1CC=CC(=O)C1. The lowest BCUT2D eigenvalue weighted by Gasteiger charge is -2.10. The number of hydrogen-bond donors (Lipinski definition) is 0. The van der Waals surface area contributed by atoms with Crippen LogP contribution in [0.25, 0.3) is 0 Å². The molecule has 1 rings (SSSR count). The molecule has 0 aromatic rings. The van der Waals surface area contributed by atoms with Crippen LogP contribution in [0, 0.1) is 5.92 Å². The van der Waals surface area contributed by atoms with Crippen molar-refractivity contribution in [1.82, 2.24) is 0 Å². The molecule has 0 radical (unpaired) electrons. The highest BCUT2D eigenvalue weighted by atomic mass is 16.1. The minimum absolute atomic E-state index is 0.228. The minimum Gasteiger partial charge on any atom is -0.295 e. The summed E-state index contributed by atoms with van der Waals surface area (Å²) in [6, 6.07) is 0. The Kier molecular flexibility index (Phi) is 1.83. The molecule has 9 heavy (non-hydrogen) atoms. The van der Waals surface area contributed by atoms with Crippen molar-refractivity contribution >= 4 is 5.78 Å². The van der Waals surface area contributed by atoms with E-state index in [1.54, 1.807) is 6.08 Å². The molecule has 48 valence electrons. The van der Waals surface area contributed by atoms with Crippen LogP contribution >= 0.6 is 0 Å². The van der Waals surface area contributed by atoms with Crippen LogP contribution in [0.1, 0.15) is 12.8 Å². The Labute approximate surface area is 55.1 Å². The third-order valence-electron chi connectivity index (χ3n) is 1.54. The van der Waals surface area contributed by atoms with Gasteiger partial charge in [0.1, 0.15) is 0 Å². The molecule has 0 aliphatic heterocycles. The Hall–Kier alpha value is -0.850. The van der Waals surface area contributed by atoms with Crippen molar-refractivity contribution < 1.29 is 4.79 Å². The van der Waals surface area contributed by atoms with E-state index in [0.717, 1.165) is 6.42 Å². The topological polar surface area (TPSA) is 17.1 Å². The first-order valence-corrected chi connectivity index (χ1v) is 3.15. The number of carbonyl (C=O) groups excluding carboxylic acids is 1. The van der Waals surface area contributed by atoms with Gasteiger partial charge in [-0.2, -0.15) is 0 Å². The van der Waals surface area contributed by atoms with Crippen molar-refractivity contribution in [3.63, 3.8) is 0 Å². The first kappa shape index (κ1) is 6.27. The van der Waals surface area contributed by atoms with Crippen LogP contribution in [-0.2, 0) is 4.79 Å². The normalized spacial score (nSPS) is 26.2. The fraction of sp³-hybridized carbons (Fsp3) is 0.375. The Morgan fingerprint density at radius 2 is 2.56 bits per heavy atom. The van der Waals surface area contributed by atoms with Gasteiger partial charge in [-0.15, -0.1) is 6.58 Å². The highest BCUT2D eigenvalue weighted by molar-refractivity contribution is 5.90. The van der Waals surface area contributed by atoms with E-state index < -0.39 is 0 Å². The summed E-state index contributed by atoms with van der Waals surface area (Å²) in [7, 11) is 0. The van der Waals surface area contributed by atoms with Crippen molar-refractivity contribution in [3.8, 4) is 0 Å². The predicted octanol–water partition coefficient (Wildman–Crippen LogP) is 1.71. The van der Waals surface area contributed by atoms with Gasteiger partial charge in [-0.1, -0.05) is 12.2 Å². The van der Waals surface area contributed by atoms with Crippen LogP contribution in [0.5, 0.6) is 0 Å². The molecule has 0 aromatic carbocycles. The monoisotopic (exact) mass is 122 g/mol. The summed E-state index contributed by atoms with van der Waals surface area (Å²) in [5.74, 6) is 0.619. The summed E-state index contributed by atoms with van der Waals surface area (Å²) < 4.78 is 0. The van der Waals surface area contributed by atoms with Gasteiger partial charge in [0.05, 0.1) is 0 Å². The number of allylic oxidation sites excluding steroid dienone is 3. The molecule has 0 amide bonds. The van der Waals surface area contributed by atoms with E-state index in [1.165, 1.54) is 0 Å². The third kappa shape index (κ3) is 1.53. The van der Waals surface area contributed by atoms with E-state index in [0.29, 0.717) is 12.3 Å². The predicted molar refractivity (Wildman–Crippen MR) is 37.1 cm³/mol. The molecular formula is C8H10O. The molecule has 1 unspecified atom stereocenters. The quantitative estimate of drug-likeness (QED) is 0.484. The maximum atomic E-state index is 10.7. The molecule has 0 heterocycles. The first-order valence-electron chi connectivity index (χ1n) is 3.15. The van der Waals surface area contributed by atoms with Crippen molar-refractivity contribution in [2.75, 3.05) is 0 Å². The van der Waals surface area contributed by atoms with E-state index in [-0.39, 0.29) is 5.78 Å². The fourth-order valence-corrected chi connectivity index (χ4v) is 0.964. The molecule has 1 nitrogen and oxygen atoms in total. The molecular weight excluding hydrogens is 112 g/mol. The van der Waals surface area contributed by atoms with Crippen LogP contribution in [0.3, 0.4) is 0 Å². The molecule has 0 aromatic heterocycles. The number of hydrogen-bond acceptors (Lipinski definition) is 1. The Morgan fingerprint density at radius 3 is 3.00 bits per heavy atom. The second-order valence-corrected chi connectivity index (χ2v) is 2.30. The standard InChI is InChI=1S/C8H10O/c1-2-7-4-3-5-8(9)6-7/h2-3,5,7H,1,4,6H2. The van der Waals surface area contributed by atoms with Gasteiger partial charge in [0.15, 0.2) is 5.78 Å². The average molecular weight is 122 g/mol. The van der Waals surface area contributed by atoms with Crippen molar-refractivity contribution in [2.24, 2.45) is 5.92 Å². The molecule has 0 bridgehead atoms. The van der Waals surface area contributed by atoms with Crippen LogP contribution in [-0.4, -0.2) is 5.78 Å². The molecule has 0 spiro atoms. The second-order valence-electron chi connectivity index (χ2n) is 2.30. The third-order valence-corrected chi connectivity index (χ3v) is 1.54. The molecule has 1 atom stereocenters. The highest BCUT2D eigenvalue weighted by Gasteiger charge is 2.10. The molecule has 1 heteroatoms. The summed E-state index contributed by atoms with van der Waals surface area (Å²) >= 11 is 0. The number of rotatable bonds is 1. The van der Waals surface area contributed by atoms with Crippen LogP contribution in [0.2, 0.25) is 0 Å². The van der Waals surface area contributed by atoms with Crippen LogP contribution in [0.4, 0.5) is 0 Å². The molecule has 0 saturated heterocycles. The van der Waals surface area contributed by atoms with E-state index in [1.807, 2.05) is 12.2 Å². The fourth-order valence-electron chi connectivity index (χ4n) is 0.964. The lowest BCUT2D eigenvalue weighted by Crippen LogP contribution is -2.07. The van der Waals surface area contributed by atoms with Gasteiger partial charge < -0.3 is 0 Å². The van der Waals surface area contributed by atoms with Gasteiger partial charge >= 0.3 is 0 Å². The van der Waals surface area contributed by atoms with E-state index in [2.05, 4.69) is 6.58 Å². The zero-order chi connectivity index (χ0) is 6.69. The Bertz CT molecular complexity index is 156.